The van der Waals surface area contributed by atoms with Crippen LogP contribution in [-0.4, -0.2) is 48.6 Å². The predicted octanol–water partition coefficient (Wildman–Crippen LogP) is 2.93. The van der Waals surface area contributed by atoms with Gasteiger partial charge in [-0.3, -0.25) is 14.4 Å². The lowest BCUT2D eigenvalue weighted by atomic mass is 9.70. The van der Waals surface area contributed by atoms with E-state index in [2.05, 4.69) is 5.32 Å². The van der Waals surface area contributed by atoms with Crippen LogP contribution in [-0.2, 0) is 29.3 Å². The topological polar surface area (TPSA) is 102 Å². The Kier molecular flexibility index (Phi) is 6.87. The molecule has 1 amide bonds. The van der Waals surface area contributed by atoms with Crippen molar-refractivity contribution in [2.24, 2.45) is 0 Å². The van der Waals surface area contributed by atoms with Crippen LogP contribution >= 0.6 is 0 Å². The Hall–Kier alpha value is -2.93. The van der Waals surface area contributed by atoms with Crippen molar-refractivity contribution < 1.29 is 29.0 Å². The molecule has 0 bridgehead atoms. The molecule has 1 aliphatic rings. The van der Waals surface area contributed by atoms with Gasteiger partial charge < -0.3 is 19.9 Å². The first-order valence-corrected chi connectivity index (χ1v) is 9.67. The fourth-order valence-electron chi connectivity index (χ4n) is 3.18. The largest absolute Gasteiger partial charge is 0.506 e. The summed E-state index contributed by atoms with van der Waals surface area (Å²) in [7, 11) is 1.59. The van der Waals surface area contributed by atoms with Crippen LogP contribution in [0.4, 0.5) is 0 Å². The van der Waals surface area contributed by atoms with Gasteiger partial charge in [-0.1, -0.05) is 30.4 Å². The molecule has 7 heteroatoms. The Morgan fingerprint density at radius 1 is 1.23 bits per heavy atom. The van der Waals surface area contributed by atoms with E-state index in [1.165, 1.54) is 0 Å². The van der Waals surface area contributed by atoms with Gasteiger partial charge in [0.25, 0.3) is 5.91 Å². The van der Waals surface area contributed by atoms with Crippen molar-refractivity contribution in [3.63, 3.8) is 0 Å². The molecule has 0 atom stereocenters. The summed E-state index contributed by atoms with van der Waals surface area (Å²) in [5.74, 6) is -2.37. The van der Waals surface area contributed by atoms with Gasteiger partial charge in [-0.15, -0.1) is 0 Å². The monoisotopic (exact) mass is 415 g/mol. The van der Waals surface area contributed by atoms with E-state index < -0.39 is 41.0 Å². The number of ketones is 1. The third-order valence-electron chi connectivity index (χ3n) is 4.62. The van der Waals surface area contributed by atoms with Crippen molar-refractivity contribution in [1.82, 2.24) is 5.32 Å². The van der Waals surface area contributed by atoms with Crippen molar-refractivity contribution in [3.8, 4) is 0 Å². The number of ether oxygens (including phenoxy) is 2. The molecule has 30 heavy (non-hydrogen) atoms. The van der Waals surface area contributed by atoms with Crippen LogP contribution in [0.25, 0.3) is 11.8 Å². The van der Waals surface area contributed by atoms with Crippen molar-refractivity contribution >= 4 is 29.5 Å². The van der Waals surface area contributed by atoms with Crippen molar-refractivity contribution in [2.75, 3.05) is 20.3 Å². The number of nitrogens with one attached hydrogen (secondary N) is 1. The number of carbonyl (C=O) groups excluding carboxylic acids is 3. The summed E-state index contributed by atoms with van der Waals surface area (Å²) in [6.45, 7) is 8.58. The molecule has 0 fully saturated rings. The summed E-state index contributed by atoms with van der Waals surface area (Å²) in [6.07, 6.45) is 3.69. The van der Waals surface area contributed by atoms with E-state index in [1.54, 1.807) is 53.9 Å². The maximum atomic E-state index is 13.1. The smallest absolute Gasteiger partial charge is 0.325 e. The van der Waals surface area contributed by atoms with Crippen molar-refractivity contribution in [3.05, 3.63) is 46.5 Å². The number of amides is 1. The second-order valence-electron chi connectivity index (χ2n) is 8.61. The highest BCUT2D eigenvalue weighted by atomic mass is 16.6. The summed E-state index contributed by atoms with van der Waals surface area (Å²) in [4.78, 5) is 37.6. The summed E-state index contributed by atoms with van der Waals surface area (Å²) < 4.78 is 10.1. The zero-order valence-corrected chi connectivity index (χ0v) is 18.3. The average molecular weight is 415 g/mol. The van der Waals surface area contributed by atoms with Crippen molar-refractivity contribution in [2.45, 2.75) is 45.6 Å². The summed E-state index contributed by atoms with van der Waals surface area (Å²) in [5, 5.41) is 13.1. The molecule has 0 unspecified atom stereocenters. The molecule has 1 aliphatic carbocycles. The van der Waals surface area contributed by atoms with Gasteiger partial charge in [-0.2, -0.15) is 0 Å². The van der Waals surface area contributed by atoms with Gasteiger partial charge in [-0.25, -0.2) is 0 Å². The van der Waals surface area contributed by atoms with E-state index in [0.717, 1.165) is 5.56 Å². The number of carbonyl (C=O) groups is 3. The van der Waals surface area contributed by atoms with Crippen LogP contribution in [0, 0.1) is 0 Å². The molecule has 0 aromatic heterocycles. The van der Waals surface area contributed by atoms with Gasteiger partial charge in [0.05, 0.1) is 12.0 Å². The van der Waals surface area contributed by atoms with E-state index in [9.17, 15) is 19.5 Å². The number of hydrogen-bond acceptors (Lipinski definition) is 6. The number of aliphatic hydroxyl groups is 1. The quantitative estimate of drug-likeness (QED) is 0.547. The van der Waals surface area contributed by atoms with E-state index in [0.29, 0.717) is 17.7 Å². The normalized spacial score (nSPS) is 15.9. The molecule has 1 aromatic rings. The van der Waals surface area contributed by atoms with Crippen molar-refractivity contribution in [1.29, 1.82) is 0 Å². The maximum Gasteiger partial charge on any atom is 0.325 e. The standard InChI is InChI=1S/C23H29NO6/c1-22(2,3)30-17(25)13-24-21(28)18-19(26)15-10-9-14(8-7-11-29-6)12-16(15)23(4,5)20(18)27/h7-10,12,26H,11,13H2,1-6H3,(H,24,28)/b8-7+. The summed E-state index contributed by atoms with van der Waals surface area (Å²) >= 11 is 0. The van der Waals surface area contributed by atoms with Crippen LogP contribution in [0.2, 0.25) is 0 Å². The minimum Gasteiger partial charge on any atom is -0.506 e. The molecular formula is C23H29NO6. The van der Waals surface area contributed by atoms with Crippen LogP contribution in [0.15, 0.2) is 29.8 Å². The van der Waals surface area contributed by atoms with Crippen LogP contribution < -0.4 is 5.32 Å². The lowest BCUT2D eigenvalue weighted by molar-refractivity contribution is -0.154. The SMILES string of the molecule is COC/C=C/c1ccc2c(c1)C(C)(C)C(=O)C(C(=O)NCC(=O)OC(C)(C)C)=C2O. The lowest BCUT2D eigenvalue weighted by Gasteiger charge is -2.32. The highest BCUT2D eigenvalue weighted by molar-refractivity contribution is 6.28. The zero-order chi connectivity index (χ0) is 22.7. The predicted molar refractivity (Wildman–Crippen MR) is 114 cm³/mol. The molecule has 0 radical (unpaired) electrons. The van der Waals surface area contributed by atoms with Gasteiger partial charge in [0.15, 0.2) is 5.78 Å². The van der Waals surface area contributed by atoms with E-state index in [1.807, 2.05) is 18.2 Å². The van der Waals surface area contributed by atoms with Crippen LogP contribution in [0.3, 0.4) is 0 Å². The van der Waals surface area contributed by atoms with Gasteiger partial charge in [0, 0.05) is 12.7 Å². The van der Waals surface area contributed by atoms with E-state index in [4.69, 9.17) is 9.47 Å². The van der Waals surface area contributed by atoms with Gasteiger partial charge in [-0.05, 0) is 45.7 Å². The van der Waals surface area contributed by atoms with E-state index in [-0.39, 0.29) is 5.57 Å². The number of aliphatic hydroxyl groups excluding tert-OH is 1. The number of methoxy groups -OCH3 is 1. The fraction of sp³-hybridized carbons (Fsp3) is 0.435. The van der Waals surface area contributed by atoms with Gasteiger partial charge in [0.1, 0.15) is 23.5 Å². The first-order chi connectivity index (χ1) is 13.9. The number of rotatable bonds is 6. The molecule has 0 aliphatic heterocycles. The minimum absolute atomic E-state index is 0.362. The van der Waals surface area contributed by atoms with Crippen LogP contribution in [0.1, 0.15) is 51.3 Å². The molecule has 1 aromatic carbocycles. The minimum atomic E-state index is -1.04. The Labute approximate surface area is 176 Å². The maximum absolute atomic E-state index is 13.1. The Morgan fingerprint density at radius 3 is 2.50 bits per heavy atom. The van der Waals surface area contributed by atoms with Gasteiger partial charge in [0.2, 0.25) is 0 Å². The Balaban J connectivity index is 2.33. The molecular weight excluding hydrogens is 386 g/mol. The number of esters is 1. The molecule has 7 nitrogen and oxygen atoms in total. The molecule has 0 heterocycles. The average Bonchev–Trinajstić information content (AvgIpc) is 2.64. The highest BCUT2D eigenvalue weighted by Crippen LogP contribution is 2.40. The number of Topliss-reactive ketones (excluding diaryl/α,β-unsaturated/α-hetero) is 1. The fourth-order valence-corrected chi connectivity index (χ4v) is 3.18. The third-order valence-corrected chi connectivity index (χ3v) is 4.62. The van der Waals surface area contributed by atoms with E-state index >= 15 is 0 Å². The Bertz CT molecular complexity index is 918. The number of hydrogen-bond donors (Lipinski definition) is 2. The van der Waals surface area contributed by atoms with Gasteiger partial charge >= 0.3 is 5.97 Å². The summed E-state index contributed by atoms with van der Waals surface area (Å²) in [5.41, 5.74) is -0.221. The molecule has 0 saturated heterocycles. The zero-order valence-electron chi connectivity index (χ0n) is 18.3. The molecule has 2 N–H and O–H groups in total. The number of benzene rings is 1. The lowest BCUT2D eigenvalue weighted by Crippen LogP contribution is -2.43. The van der Waals surface area contributed by atoms with Crippen LogP contribution in [0.5, 0.6) is 0 Å². The number of fused-ring (bicyclic) bond motifs is 1. The molecule has 0 spiro atoms. The molecule has 2 rings (SSSR count). The summed E-state index contributed by atoms with van der Waals surface area (Å²) in [6, 6.07) is 5.26. The second-order valence-corrected chi connectivity index (χ2v) is 8.61. The third kappa shape index (κ3) is 5.16. The second kappa shape index (κ2) is 8.83. The first kappa shape index (κ1) is 23.3. The first-order valence-electron chi connectivity index (χ1n) is 9.67. The Morgan fingerprint density at radius 2 is 1.90 bits per heavy atom. The highest BCUT2D eigenvalue weighted by Gasteiger charge is 2.43. The molecule has 162 valence electrons. The molecule has 0 saturated carbocycles.